The highest BCUT2D eigenvalue weighted by atomic mass is 16.4. The monoisotopic (exact) mass is 452 g/mol. The molecule has 0 bridgehead atoms. The van der Waals surface area contributed by atoms with Crippen LogP contribution >= 0.6 is 0 Å². The van der Waals surface area contributed by atoms with E-state index < -0.39 is 41.2 Å². The van der Waals surface area contributed by atoms with Crippen LogP contribution in [0.1, 0.15) is 22.7 Å². The number of aromatic amines is 1. The maximum absolute atomic E-state index is 13.5. The first kappa shape index (κ1) is 21.4. The van der Waals surface area contributed by atoms with Crippen molar-refractivity contribution in [1.82, 2.24) is 15.2 Å². The van der Waals surface area contributed by atoms with E-state index in [1.165, 1.54) is 0 Å². The minimum Gasteiger partial charge on any atom is -0.480 e. The summed E-state index contributed by atoms with van der Waals surface area (Å²) in [7, 11) is 0. The lowest BCUT2D eigenvalue weighted by Gasteiger charge is -2.31. The molecule has 0 aliphatic carbocycles. The normalized spacial score (nSPS) is 25.8. The number of terminal acetylenes is 1. The van der Waals surface area contributed by atoms with E-state index in [-0.39, 0.29) is 13.0 Å². The summed E-state index contributed by atoms with van der Waals surface area (Å²) in [5.74, 6) is -2.25. The number of fused-ring (bicyclic) bond motifs is 2. The highest BCUT2D eigenvalue weighted by Crippen LogP contribution is 2.50. The molecule has 3 heterocycles. The minimum absolute atomic E-state index is 0.0400. The third kappa shape index (κ3) is 2.93. The first-order valence-corrected chi connectivity index (χ1v) is 10.8. The van der Waals surface area contributed by atoms with Crippen molar-refractivity contribution >= 4 is 28.7 Å². The third-order valence-electron chi connectivity index (χ3n) is 6.94. The fraction of sp³-hybridized carbons (Fsp3) is 0.231. The van der Waals surface area contributed by atoms with Gasteiger partial charge in [0, 0.05) is 29.6 Å². The van der Waals surface area contributed by atoms with Gasteiger partial charge in [-0.25, -0.2) is 0 Å². The molecule has 2 aliphatic heterocycles. The molecule has 8 nitrogen and oxygen atoms in total. The number of carbonyl (C=O) groups excluding carboxylic acids is 2. The summed E-state index contributed by atoms with van der Waals surface area (Å²) in [6, 6.07) is 15.4. The zero-order chi connectivity index (χ0) is 24.0. The van der Waals surface area contributed by atoms with Crippen LogP contribution in [0.3, 0.4) is 0 Å². The molecule has 1 aromatic heterocycles. The predicted octanol–water partition coefficient (Wildman–Crippen LogP) is 1.98. The fourth-order valence-electron chi connectivity index (χ4n) is 5.46. The number of nitrogens with one attached hydrogen (secondary N) is 2. The van der Waals surface area contributed by atoms with Crippen LogP contribution in [0.25, 0.3) is 10.9 Å². The summed E-state index contributed by atoms with van der Waals surface area (Å²) in [5.41, 5.74) is 0.545. The topological polar surface area (TPSA) is 126 Å². The van der Waals surface area contributed by atoms with Crippen molar-refractivity contribution in [3.8, 4) is 18.4 Å². The zero-order valence-electron chi connectivity index (χ0n) is 18.0. The number of H-pyrrole nitrogens is 1. The van der Waals surface area contributed by atoms with Gasteiger partial charge in [0.15, 0.2) is 0 Å². The van der Waals surface area contributed by atoms with Gasteiger partial charge in [0.05, 0.1) is 30.0 Å². The Morgan fingerprint density at radius 2 is 1.88 bits per heavy atom. The lowest BCUT2D eigenvalue weighted by atomic mass is 9.76. The van der Waals surface area contributed by atoms with Crippen LogP contribution in [0, 0.1) is 35.5 Å². The van der Waals surface area contributed by atoms with Gasteiger partial charge in [0.1, 0.15) is 5.54 Å². The lowest BCUT2D eigenvalue weighted by molar-refractivity contribution is -0.151. The lowest BCUT2D eigenvalue weighted by Crippen LogP contribution is -2.57. The van der Waals surface area contributed by atoms with Gasteiger partial charge in [0.2, 0.25) is 11.8 Å². The van der Waals surface area contributed by atoms with Crippen molar-refractivity contribution < 1.29 is 19.5 Å². The summed E-state index contributed by atoms with van der Waals surface area (Å²) in [6.07, 6.45) is 7.08. The van der Waals surface area contributed by atoms with Crippen LogP contribution in [-0.2, 0) is 20.8 Å². The number of aliphatic carboxylic acids is 1. The van der Waals surface area contributed by atoms with Crippen LogP contribution in [-0.4, -0.2) is 44.9 Å². The van der Waals surface area contributed by atoms with Crippen LogP contribution in [0.2, 0.25) is 0 Å². The molecule has 8 heteroatoms. The number of amides is 2. The Morgan fingerprint density at radius 3 is 2.62 bits per heavy atom. The fourth-order valence-corrected chi connectivity index (χ4v) is 5.46. The molecule has 168 valence electrons. The molecule has 2 aliphatic rings. The number of nitrogens with zero attached hydrogens (tertiary/aromatic N) is 2. The number of benzene rings is 2. The predicted molar refractivity (Wildman–Crippen MR) is 122 cm³/mol. The van der Waals surface area contributed by atoms with Crippen molar-refractivity contribution in [3.63, 3.8) is 0 Å². The van der Waals surface area contributed by atoms with Crippen LogP contribution in [0.15, 0.2) is 54.7 Å². The number of carboxylic acid groups (broad SMARTS) is 1. The maximum Gasteiger partial charge on any atom is 0.325 e. The van der Waals surface area contributed by atoms with Crippen molar-refractivity contribution in [2.75, 3.05) is 6.54 Å². The van der Waals surface area contributed by atoms with E-state index in [1.807, 2.05) is 24.3 Å². The highest BCUT2D eigenvalue weighted by molar-refractivity contribution is 6.10. The Bertz CT molecular complexity index is 1430. The van der Waals surface area contributed by atoms with Crippen molar-refractivity contribution in [2.45, 2.75) is 18.0 Å². The number of hydrogen-bond donors (Lipinski definition) is 3. The maximum atomic E-state index is 13.5. The van der Waals surface area contributed by atoms with Crippen molar-refractivity contribution in [2.24, 2.45) is 11.8 Å². The zero-order valence-corrected chi connectivity index (χ0v) is 18.0. The Balaban J connectivity index is 1.69. The van der Waals surface area contributed by atoms with Gasteiger partial charge in [-0.3, -0.25) is 24.6 Å². The molecule has 3 aromatic rings. The average Bonchev–Trinajstić information content (AvgIpc) is 3.48. The smallest absolute Gasteiger partial charge is 0.325 e. The molecule has 3 N–H and O–H groups in total. The number of carboxylic acids is 1. The standard InChI is InChI=1S/C26H20N4O4/c1-2-11-30-23(31)20-21(24(30)32)26(25(33)34,12-16-14-28-19-10-6-5-8-17(16)19)29-22(20)18-9-4-3-7-15(18)13-27/h1,3-10,14,20-22,28-29H,11-12H2,(H,33,34). The van der Waals surface area contributed by atoms with E-state index in [0.29, 0.717) is 16.7 Å². The summed E-state index contributed by atoms with van der Waals surface area (Å²) in [4.78, 5) is 43.9. The quantitative estimate of drug-likeness (QED) is 0.401. The van der Waals surface area contributed by atoms with Gasteiger partial charge in [-0.1, -0.05) is 42.3 Å². The van der Waals surface area contributed by atoms with Crippen molar-refractivity contribution in [3.05, 3.63) is 71.4 Å². The Labute approximate surface area is 195 Å². The van der Waals surface area contributed by atoms with E-state index in [2.05, 4.69) is 22.3 Å². The number of aromatic nitrogens is 1. The number of para-hydroxylation sites is 1. The Kier molecular flexibility index (Phi) is 4.97. The molecule has 2 fully saturated rings. The second-order valence-electron chi connectivity index (χ2n) is 8.60. The molecule has 2 aromatic carbocycles. The summed E-state index contributed by atoms with van der Waals surface area (Å²) in [6.45, 7) is -0.236. The molecule has 4 atom stereocenters. The van der Waals surface area contributed by atoms with Crippen LogP contribution < -0.4 is 5.32 Å². The SMILES string of the molecule is C#CCN1C(=O)C2C(c3ccccc3C#N)NC(Cc3c[nH]c4ccccc34)(C(=O)O)C2C1=O. The molecule has 34 heavy (non-hydrogen) atoms. The van der Waals surface area contributed by atoms with Crippen LogP contribution in [0.4, 0.5) is 0 Å². The summed E-state index contributed by atoms with van der Waals surface area (Å²) >= 11 is 0. The van der Waals surface area contributed by atoms with Gasteiger partial charge in [-0.15, -0.1) is 6.42 Å². The Hall–Kier alpha value is -4.40. The minimum atomic E-state index is -1.78. The Morgan fingerprint density at radius 1 is 1.15 bits per heavy atom. The number of hydrogen-bond acceptors (Lipinski definition) is 5. The van der Waals surface area contributed by atoms with Gasteiger partial charge >= 0.3 is 5.97 Å². The molecule has 0 saturated carbocycles. The molecular weight excluding hydrogens is 432 g/mol. The van der Waals surface area contributed by atoms with Gasteiger partial charge in [0.25, 0.3) is 0 Å². The largest absolute Gasteiger partial charge is 0.480 e. The molecule has 2 amide bonds. The molecule has 0 radical (unpaired) electrons. The first-order chi connectivity index (χ1) is 16.4. The van der Waals surface area contributed by atoms with Gasteiger partial charge in [-0.2, -0.15) is 5.26 Å². The first-order valence-electron chi connectivity index (χ1n) is 10.8. The second-order valence-corrected chi connectivity index (χ2v) is 8.60. The van der Waals surface area contributed by atoms with Crippen molar-refractivity contribution in [1.29, 1.82) is 5.26 Å². The number of rotatable bonds is 5. The number of imide groups is 1. The van der Waals surface area contributed by atoms with Gasteiger partial charge < -0.3 is 10.1 Å². The molecule has 5 rings (SSSR count). The summed E-state index contributed by atoms with van der Waals surface area (Å²) in [5, 5.41) is 24.2. The van der Waals surface area contributed by atoms with Gasteiger partial charge in [-0.05, 0) is 23.3 Å². The number of nitriles is 1. The van der Waals surface area contributed by atoms with E-state index in [4.69, 9.17) is 6.42 Å². The van der Waals surface area contributed by atoms with Crippen LogP contribution in [0.5, 0.6) is 0 Å². The number of carbonyl (C=O) groups is 3. The second kappa shape index (κ2) is 7.87. The highest BCUT2D eigenvalue weighted by Gasteiger charge is 2.68. The molecule has 4 unspecified atom stereocenters. The molecule has 2 saturated heterocycles. The number of likely N-dealkylation sites (tertiary alicyclic amines) is 1. The van der Waals surface area contributed by atoms with E-state index >= 15 is 0 Å². The van der Waals surface area contributed by atoms with E-state index in [9.17, 15) is 24.8 Å². The van der Waals surface area contributed by atoms with E-state index in [1.54, 1.807) is 30.5 Å². The molecule has 0 spiro atoms. The third-order valence-corrected chi connectivity index (χ3v) is 6.94. The van der Waals surface area contributed by atoms with E-state index in [0.717, 1.165) is 15.8 Å². The molecular formula is C26H20N4O4. The average molecular weight is 452 g/mol. The summed E-state index contributed by atoms with van der Waals surface area (Å²) < 4.78 is 0.